The van der Waals surface area contributed by atoms with E-state index in [1.165, 1.54) is 16.7 Å². The predicted octanol–water partition coefficient (Wildman–Crippen LogP) is 3.29. The van der Waals surface area contributed by atoms with Crippen LogP contribution in [0.4, 0.5) is 5.69 Å². The average Bonchev–Trinajstić information content (AvgIpc) is 2.35. The largest absolute Gasteiger partial charge is 0.398 e. The summed E-state index contributed by atoms with van der Waals surface area (Å²) < 4.78 is 0. The van der Waals surface area contributed by atoms with Crippen molar-refractivity contribution in [1.29, 1.82) is 0 Å². The highest BCUT2D eigenvalue weighted by atomic mass is 35.5. The Labute approximate surface area is 124 Å². The fraction of sp³-hybridized carbons (Fsp3) is 0.250. The van der Waals surface area contributed by atoms with Crippen molar-refractivity contribution in [3.8, 4) is 0 Å². The van der Waals surface area contributed by atoms with Crippen LogP contribution in [-0.4, -0.2) is 0 Å². The summed E-state index contributed by atoms with van der Waals surface area (Å²) in [4.78, 5) is 0. The first-order chi connectivity index (χ1) is 9.49. The van der Waals surface area contributed by atoms with Crippen LogP contribution in [0.25, 0.3) is 0 Å². The van der Waals surface area contributed by atoms with Gasteiger partial charge in [0.15, 0.2) is 0 Å². The molecule has 0 saturated carbocycles. The molecule has 20 heavy (non-hydrogen) atoms. The molecule has 1 unspecified atom stereocenters. The van der Waals surface area contributed by atoms with Crippen molar-refractivity contribution in [2.24, 2.45) is 5.84 Å². The number of nitrogens with two attached hydrogens (primary N) is 2. The summed E-state index contributed by atoms with van der Waals surface area (Å²) in [5.74, 6) is 5.70. The van der Waals surface area contributed by atoms with Gasteiger partial charge < -0.3 is 5.73 Å². The molecule has 0 aliphatic heterocycles. The van der Waals surface area contributed by atoms with Gasteiger partial charge in [-0.2, -0.15) is 0 Å². The number of hydrazine groups is 1. The molecule has 2 rings (SSSR count). The van der Waals surface area contributed by atoms with Gasteiger partial charge in [0.25, 0.3) is 0 Å². The van der Waals surface area contributed by atoms with Gasteiger partial charge in [-0.1, -0.05) is 47.0 Å². The lowest BCUT2D eigenvalue weighted by Gasteiger charge is -2.19. The second-order valence-electron chi connectivity index (χ2n) is 5.19. The van der Waals surface area contributed by atoms with Crippen molar-refractivity contribution in [3.05, 3.63) is 63.7 Å². The van der Waals surface area contributed by atoms with Crippen LogP contribution in [0.2, 0.25) is 5.02 Å². The van der Waals surface area contributed by atoms with Crippen molar-refractivity contribution in [1.82, 2.24) is 5.43 Å². The van der Waals surface area contributed by atoms with Gasteiger partial charge in [-0.3, -0.25) is 11.3 Å². The Kier molecular flexibility index (Phi) is 4.65. The molecule has 0 radical (unpaired) electrons. The molecule has 106 valence electrons. The van der Waals surface area contributed by atoms with Crippen LogP contribution in [0.3, 0.4) is 0 Å². The van der Waals surface area contributed by atoms with Gasteiger partial charge in [-0.05, 0) is 43.5 Å². The summed E-state index contributed by atoms with van der Waals surface area (Å²) in [6, 6.07) is 12.0. The molecular formula is C16H20ClN3. The van der Waals surface area contributed by atoms with Crippen molar-refractivity contribution in [3.63, 3.8) is 0 Å². The molecule has 0 bridgehead atoms. The van der Waals surface area contributed by atoms with Gasteiger partial charge in [0.05, 0.1) is 6.04 Å². The number of anilines is 1. The fourth-order valence-corrected chi connectivity index (χ4v) is 2.72. The maximum absolute atomic E-state index is 6.03. The highest BCUT2D eigenvalue weighted by Crippen LogP contribution is 2.26. The molecule has 0 spiro atoms. The lowest BCUT2D eigenvalue weighted by molar-refractivity contribution is 0.553. The van der Waals surface area contributed by atoms with Crippen LogP contribution in [-0.2, 0) is 6.42 Å². The highest BCUT2D eigenvalue weighted by Gasteiger charge is 2.14. The molecule has 0 heterocycles. The van der Waals surface area contributed by atoms with E-state index in [9.17, 15) is 0 Å². The van der Waals surface area contributed by atoms with Crippen molar-refractivity contribution >= 4 is 17.3 Å². The van der Waals surface area contributed by atoms with E-state index in [1.807, 2.05) is 12.1 Å². The molecular weight excluding hydrogens is 270 g/mol. The van der Waals surface area contributed by atoms with Gasteiger partial charge >= 0.3 is 0 Å². The maximum atomic E-state index is 6.03. The zero-order valence-electron chi connectivity index (χ0n) is 11.8. The van der Waals surface area contributed by atoms with E-state index in [1.54, 1.807) is 6.07 Å². The van der Waals surface area contributed by atoms with Crippen LogP contribution in [0, 0.1) is 13.8 Å². The minimum absolute atomic E-state index is 0.0338. The lowest BCUT2D eigenvalue weighted by atomic mass is 9.96. The molecule has 5 N–H and O–H groups in total. The van der Waals surface area contributed by atoms with Gasteiger partial charge in [-0.25, -0.2) is 0 Å². The number of nitrogens with one attached hydrogen (secondary N) is 1. The quantitative estimate of drug-likeness (QED) is 0.460. The first kappa shape index (κ1) is 14.9. The molecule has 0 aromatic heterocycles. The van der Waals surface area contributed by atoms with Gasteiger partial charge in [0, 0.05) is 10.7 Å². The maximum Gasteiger partial charge on any atom is 0.0520 e. The fourth-order valence-electron chi connectivity index (χ4n) is 2.54. The van der Waals surface area contributed by atoms with Crippen LogP contribution < -0.4 is 17.0 Å². The molecule has 3 nitrogen and oxygen atoms in total. The van der Waals surface area contributed by atoms with E-state index in [0.29, 0.717) is 10.7 Å². The Morgan fingerprint density at radius 1 is 1.10 bits per heavy atom. The Bertz CT molecular complexity index is 590. The van der Waals surface area contributed by atoms with E-state index < -0.39 is 0 Å². The Balaban J connectivity index is 2.28. The molecule has 2 aromatic carbocycles. The number of nitrogen functional groups attached to an aromatic ring is 1. The number of benzene rings is 2. The van der Waals surface area contributed by atoms with Gasteiger partial charge in [-0.15, -0.1) is 0 Å². The number of hydrogen-bond acceptors (Lipinski definition) is 3. The van der Waals surface area contributed by atoms with Crippen LogP contribution >= 0.6 is 11.6 Å². The van der Waals surface area contributed by atoms with Crippen LogP contribution in [0.5, 0.6) is 0 Å². The van der Waals surface area contributed by atoms with E-state index in [-0.39, 0.29) is 6.04 Å². The molecule has 0 aliphatic carbocycles. The highest BCUT2D eigenvalue weighted by molar-refractivity contribution is 6.30. The average molecular weight is 290 g/mol. The zero-order valence-corrected chi connectivity index (χ0v) is 12.5. The minimum atomic E-state index is -0.0338. The number of hydrogen-bond donors (Lipinski definition) is 3. The third-order valence-electron chi connectivity index (χ3n) is 3.35. The lowest BCUT2D eigenvalue weighted by Crippen LogP contribution is -2.30. The van der Waals surface area contributed by atoms with E-state index >= 15 is 0 Å². The zero-order chi connectivity index (χ0) is 14.7. The van der Waals surface area contributed by atoms with Crippen molar-refractivity contribution < 1.29 is 0 Å². The Hall–Kier alpha value is -1.55. The number of rotatable bonds is 4. The third kappa shape index (κ3) is 3.51. The van der Waals surface area contributed by atoms with Gasteiger partial charge in [0.2, 0.25) is 0 Å². The summed E-state index contributed by atoms with van der Waals surface area (Å²) in [6.07, 6.45) is 0.783. The van der Waals surface area contributed by atoms with E-state index in [4.69, 9.17) is 23.2 Å². The second-order valence-corrected chi connectivity index (χ2v) is 5.63. The molecule has 1 atom stereocenters. The predicted molar refractivity (Wildman–Crippen MR) is 85.5 cm³/mol. The Morgan fingerprint density at radius 3 is 2.30 bits per heavy atom. The molecule has 0 aliphatic rings. The molecule has 4 heteroatoms. The van der Waals surface area contributed by atoms with E-state index in [2.05, 4.69) is 37.5 Å². The summed E-state index contributed by atoms with van der Waals surface area (Å²) in [7, 11) is 0. The molecule has 2 aromatic rings. The standard InChI is InChI=1S/C16H20ClN3/c1-10-5-11(2)7-12(6-10)8-16(20-19)14-4-3-13(17)9-15(14)18/h3-7,9,16,20H,8,18-19H2,1-2H3. The van der Waals surface area contributed by atoms with Gasteiger partial charge in [0.1, 0.15) is 0 Å². The monoisotopic (exact) mass is 289 g/mol. The second kappa shape index (κ2) is 6.27. The number of aryl methyl sites for hydroxylation is 2. The summed E-state index contributed by atoms with van der Waals surface area (Å²) in [5, 5.41) is 0.633. The topological polar surface area (TPSA) is 64.1 Å². The van der Waals surface area contributed by atoms with E-state index in [0.717, 1.165) is 12.0 Å². The first-order valence-corrected chi connectivity index (χ1v) is 6.95. The summed E-state index contributed by atoms with van der Waals surface area (Å²) in [6.45, 7) is 4.19. The summed E-state index contributed by atoms with van der Waals surface area (Å²) in [5.41, 5.74) is 14.2. The van der Waals surface area contributed by atoms with Crippen LogP contribution in [0.15, 0.2) is 36.4 Å². The van der Waals surface area contributed by atoms with Crippen LogP contribution in [0.1, 0.15) is 28.3 Å². The van der Waals surface area contributed by atoms with Crippen molar-refractivity contribution in [2.45, 2.75) is 26.3 Å². The van der Waals surface area contributed by atoms with Crippen molar-refractivity contribution in [2.75, 3.05) is 5.73 Å². The normalized spacial score (nSPS) is 12.4. The first-order valence-electron chi connectivity index (χ1n) is 6.58. The number of halogens is 1. The SMILES string of the molecule is Cc1cc(C)cc(CC(NN)c2ccc(Cl)cc2N)c1. The third-order valence-corrected chi connectivity index (χ3v) is 3.58. The molecule has 0 fully saturated rings. The Morgan fingerprint density at radius 2 is 1.75 bits per heavy atom. The summed E-state index contributed by atoms with van der Waals surface area (Å²) >= 11 is 5.93. The minimum Gasteiger partial charge on any atom is -0.398 e. The smallest absolute Gasteiger partial charge is 0.0520 e. The molecule has 0 saturated heterocycles. The molecule has 0 amide bonds.